The number of ether oxygens (including phenoxy) is 2. The fourth-order valence-corrected chi connectivity index (χ4v) is 3.68. The Balaban J connectivity index is 1.92. The lowest BCUT2D eigenvalue weighted by Gasteiger charge is -2.29. The van der Waals surface area contributed by atoms with Gasteiger partial charge in [-0.2, -0.15) is 0 Å². The topological polar surface area (TPSA) is 96.3 Å². The third-order valence-electron chi connectivity index (χ3n) is 5.62. The summed E-state index contributed by atoms with van der Waals surface area (Å²) in [6.07, 6.45) is 2.22. The van der Waals surface area contributed by atoms with E-state index in [1.165, 1.54) is 6.92 Å². The monoisotopic (exact) mass is 351 g/mol. The van der Waals surface area contributed by atoms with E-state index in [1.54, 1.807) is 19.9 Å². The van der Waals surface area contributed by atoms with Crippen LogP contribution in [-0.2, 0) is 19.1 Å². The second-order valence-corrected chi connectivity index (χ2v) is 7.25. The van der Waals surface area contributed by atoms with Gasteiger partial charge in [0.05, 0.1) is 6.04 Å². The van der Waals surface area contributed by atoms with E-state index in [-0.39, 0.29) is 19.1 Å². The molecule has 3 rings (SSSR count). The molecule has 0 aromatic rings. The Morgan fingerprint density at radius 3 is 2.80 bits per heavy atom. The van der Waals surface area contributed by atoms with Crippen LogP contribution in [0.3, 0.4) is 0 Å². The predicted octanol–water partition coefficient (Wildman–Crippen LogP) is 0.164. The number of carbonyl (C=O) groups is 2. The molecule has 0 aliphatic carbocycles. The highest BCUT2D eigenvalue weighted by Crippen LogP contribution is 2.33. The summed E-state index contributed by atoms with van der Waals surface area (Å²) in [5.74, 6) is -1.78. The Morgan fingerprint density at radius 2 is 2.12 bits per heavy atom. The SMILES string of the molecule is CC=C1CC(C)C(C)(O)C(=O)OCC2=CCN3CC(OC1=O)C(O)C23. The molecule has 5 unspecified atom stereocenters. The van der Waals surface area contributed by atoms with Crippen LogP contribution < -0.4 is 0 Å². The van der Waals surface area contributed by atoms with Crippen LogP contribution in [0.2, 0.25) is 0 Å². The largest absolute Gasteiger partial charge is 0.459 e. The van der Waals surface area contributed by atoms with E-state index < -0.39 is 35.7 Å². The molecule has 2 bridgehead atoms. The normalized spacial score (nSPS) is 41.5. The molecule has 2 N–H and O–H groups in total. The van der Waals surface area contributed by atoms with Crippen LogP contribution in [0.4, 0.5) is 0 Å². The van der Waals surface area contributed by atoms with Gasteiger partial charge in [-0.25, -0.2) is 9.59 Å². The molecule has 5 atom stereocenters. The maximum absolute atomic E-state index is 12.5. The minimum atomic E-state index is -1.72. The number of aliphatic hydroxyl groups is 2. The highest BCUT2D eigenvalue weighted by molar-refractivity contribution is 5.89. The molecule has 0 amide bonds. The molecule has 3 aliphatic heterocycles. The molecule has 0 aromatic carbocycles. The average Bonchev–Trinajstić information content (AvgIpc) is 3.09. The van der Waals surface area contributed by atoms with Gasteiger partial charge in [-0.15, -0.1) is 0 Å². The number of hydrogen-bond acceptors (Lipinski definition) is 7. The van der Waals surface area contributed by atoms with Crippen LogP contribution in [0.5, 0.6) is 0 Å². The summed E-state index contributed by atoms with van der Waals surface area (Å²) in [5.41, 5.74) is -0.581. The predicted molar refractivity (Wildman–Crippen MR) is 88.5 cm³/mol. The van der Waals surface area contributed by atoms with Gasteiger partial charge in [0.25, 0.3) is 0 Å². The lowest BCUT2D eigenvalue weighted by atomic mass is 9.85. The summed E-state index contributed by atoms with van der Waals surface area (Å²) in [4.78, 5) is 26.9. The number of esters is 2. The lowest BCUT2D eigenvalue weighted by molar-refractivity contribution is -0.168. The Bertz CT molecular complexity index is 637. The first-order chi connectivity index (χ1) is 11.8. The van der Waals surface area contributed by atoms with E-state index in [2.05, 4.69) is 0 Å². The van der Waals surface area contributed by atoms with E-state index in [0.29, 0.717) is 18.7 Å². The van der Waals surface area contributed by atoms with Crippen molar-refractivity contribution in [3.8, 4) is 0 Å². The van der Waals surface area contributed by atoms with Crippen LogP contribution in [0, 0.1) is 5.92 Å². The molecule has 0 saturated carbocycles. The number of allylic oxidation sites excluding steroid dienone is 1. The van der Waals surface area contributed by atoms with Crippen molar-refractivity contribution < 1.29 is 29.3 Å². The van der Waals surface area contributed by atoms with Crippen LogP contribution in [-0.4, -0.2) is 70.6 Å². The fraction of sp³-hybridized carbons (Fsp3) is 0.667. The van der Waals surface area contributed by atoms with Gasteiger partial charge in [0.15, 0.2) is 5.60 Å². The number of rotatable bonds is 0. The molecule has 3 heterocycles. The summed E-state index contributed by atoms with van der Waals surface area (Å²) >= 11 is 0. The zero-order chi connectivity index (χ0) is 18.4. The van der Waals surface area contributed by atoms with Crippen LogP contribution in [0.25, 0.3) is 0 Å². The maximum Gasteiger partial charge on any atom is 0.338 e. The Kier molecular flexibility index (Phi) is 4.74. The molecular formula is C18H25NO6. The van der Waals surface area contributed by atoms with Gasteiger partial charge in [-0.3, -0.25) is 4.90 Å². The third-order valence-corrected chi connectivity index (χ3v) is 5.62. The van der Waals surface area contributed by atoms with Crippen molar-refractivity contribution in [1.82, 2.24) is 4.90 Å². The first-order valence-corrected chi connectivity index (χ1v) is 8.62. The van der Waals surface area contributed by atoms with Gasteiger partial charge < -0.3 is 19.7 Å². The van der Waals surface area contributed by atoms with E-state index in [1.807, 2.05) is 11.0 Å². The number of nitrogens with zero attached hydrogens (tertiary/aromatic N) is 1. The number of fused-ring (bicyclic) bond motifs is 1. The molecule has 7 heteroatoms. The molecular weight excluding hydrogens is 326 g/mol. The molecule has 2 fully saturated rings. The zero-order valence-electron chi connectivity index (χ0n) is 14.8. The molecule has 2 saturated heterocycles. The first-order valence-electron chi connectivity index (χ1n) is 8.62. The van der Waals surface area contributed by atoms with Gasteiger partial charge in [-0.1, -0.05) is 19.1 Å². The number of carbonyl (C=O) groups excluding carboxylic acids is 2. The van der Waals surface area contributed by atoms with Crippen molar-refractivity contribution in [3.63, 3.8) is 0 Å². The summed E-state index contributed by atoms with van der Waals surface area (Å²) in [6.45, 7) is 5.85. The average molecular weight is 351 g/mol. The van der Waals surface area contributed by atoms with Crippen molar-refractivity contribution in [2.24, 2.45) is 5.92 Å². The van der Waals surface area contributed by atoms with Gasteiger partial charge in [0.2, 0.25) is 0 Å². The Labute approximate surface area is 146 Å². The van der Waals surface area contributed by atoms with E-state index in [9.17, 15) is 19.8 Å². The van der Waals surface area contributed by atoms with Gasteiger partial charge in [0, 0.05) is 18.7 Å². The molecule has 0 aromatic heterocycles. The van der Waals surface area contributed by atoms with Crippen molar-refractivity contribution in [3.05, 3.63) is 23.3 Å². The van der Waals surface area contributed by atoms with Crippen LogP contribution in [0.1, 0.15) is 27.2 Å². The summed E-state index contributed by atoms with van der Waals surface area (Å²) in [7, 11) is 0. The van der Waals surface area contributed by atoms with Crippen molar-refractivity contribution >= 4 is 11.9 Å². The molecule has 7 nitrogen and oxygen atoms in total. The van der Waals surface area contributed by atoms with Gasteiger partial charge in [0.1, 0.15) is 18.8 Å². The Hall–Kier alpha value is -1.70. The van der Waals surface area contributed by atoms with Crippen molar-refractivity contribution in [2.45, 2.75) is 51.0 Å². The highest BCUT2D eigenvalue weighted by atomic mass is 16.6. The molecule has 138 valence electrons. The van der Waals surface area contributed by atoms with Crippen LogP contribution >= 0.6 is 0 Å². The lowest BCUT2D eigenvalue weighted by Crippen LogP contribution is -2.44. The number of cyclic esters (lactones) is 1. The highest BCUT2D eigenvalue weighted by Gasteiger charge is 2.48. The molecule has 0 spiro atoms. The summed E-state index contributed by atoms with van der Waals surface area (Å²) < 4.78 is 10.9. The van der Waals surface area contributed by atoms with Crippen molar-refractivity contribution in [2.75, 3.05) is 19.7 Å². The quantitative estimate of drug-likeness (QED) is 0.365. The van der Waals surface area contributed by atoms with Gasteiger partial charge in [-0.05, 0) is 31.8 Å². The second kappa shape index (κ2) is 6.55. The fourth-order valence-electron chi connectivity index (χ4n) is 3.68. The molecule has 0 radical (unpaired) electrons. The van der Waals surface area contributed by atoms with Crippen LogP contribution in [0.15, 0.2) is 23.3 Å². The Morgan fingerprint density at radius 1 is 1.40 bits per heavy atom. The molecule has 25 heavy (non-hydrogen) atoms. The second-order valence-electron chi connectivity index (χ2n) is 7.25. The smallest absolute Gasteiger partial charge is 0.338 e. The summed E-state index contributed by atoms with van der Waals surface area (Å²) in [6, 6.07) is -0.331. The van der Waals surface area contributed by atoms with E-state index in [0.717, 1.165) is 5.57 Å². The number of aliphatic hydroxyl groups excluding tert-OH is 1. The van der Waals surface area contributed by atoms with Crippen molar-refractivity contribution in [1.29, 1.82) is 0 Å². The summed E-state index contributed by atoms with van der Waals surface area (Å²) in [5, 5.41) is 21.2. The standard InChI is InChI=1S/C18H25NO6/c1-4-11-7-10(2)18(3,23)17(22)24-9-12-5-6-19-8-13(25-16(11)21)15(20)14(12)19/h4-5,10,13-15,20,23H,6-9H2,1-3H3. The minimum Gasteiger partial charge on any atom is -0.459 e. The van der Waals surface area contributed by atoms with E-state index in [4.69, 9.17) is 9.47 Å². The minimum absolute atomic E-state index is 0.0110. The third kappa shape index (κ3) is 3.12. The first kappa shape index (κ1) is 18.1. The zero-order valence-corrected chi connectivity index (χ0v) is 14.8. The number of hydrogen-bond donors (Lipinski definition) is 2. The molecule has 3 aliphatic rings. The van der Waals surface area contributed by atoms with Gasteiger partial charge >= 0.3 is 11.9 Å². The maximum atomic E-state index is 12.5. The van der Waals surface area contributed by atoms with E-state index >= 15 is 0 Å².